The summed E-state index contributed by atoms with van der Waals surface area (Å²) in [5, 5.41) is 0.151. The average Bonchev–Trinajstić information content (AvgIpc) is 3.14. The van der Waals surface area contributed by atoms with E-state index in [9.17, 15) is 13.2 Å². The standard InChI is InChI=1S/C18H18BrClN2O3S/c19-15-7-8-17(16(20)11-15)26(24,25)21-12-13-3-5-14(6-4-13)18(23)22-9-1-2-10-22/h3-8,11,21H,1-2,9-10,12H2. The van der Waals surface area contributed by atoms with Crippen molar-refractivity contribution in [3.63, 3.8) is 0 Å². The number of halogens is 2. The lowest BCUT2D eigenvalue weighted by molar-refractivity contribution is 0.0793. The van der Waals surface area contributed by atoms with Crippen LogP contribution in [-0.2, 0) is 16.6 Å². The van der Waals surface area contributed by atoms with Crippen LogP contribution in [0.1, 0.15) is 28.8 Å². The fraction of sp³-hybridized carbons (Fsp3) is 0.278. The predicted octanol–water partition coefficient (Wildman–Crippen LogP) is 3.82. The second-order valence-corrected chi connectivity index (χ2v) is 9.15. The molecule has 1 amide bonds. The highest BCUT2D eigenvalue weighted by atomic mass is 79.9. The highest BCUT2D eigenvalue weighted by Gasteiger charge is 2.20. The lowest BCUT2D eigenvalue weighted by atomic mass is 10.1. The molecule has 0 saturated carbocycles. The van der Waals surface area contributed by atoms with Crippen molar-refractivity contribution < 1.29 is 13.2 Å². The number of likely N-dealkylation sites (tertiary alicyclic amines) is 1. The van der Waals surface area contributed by atoms with Crippen LogP contribution in [0.3, 0.4) is 0 Å². The van der Waals surface area contributed by atoms with Gasteiger partial charge in [0, 0.05) is 29.7 Å². The van der Waals surface area contributed by atoms with Gasteiger partial charge in [-0.2, -0.15) is 0 Å². The van der Waals surface area contributed by atoms with Gasteiger partial charge in [-0.15, -0.1) is 0 Å². The molecule has 0 aliphatic carbocycles. The summed E-state index contributed by atoms with van der Waals surface area (Å²) in [6.45, 7) is 1.72. The minimum atomic E-state index is -3.72. The van der Waals surface area contributed by atoms with Crippen LogP contribution in [0.4, 0.5) is 0 Å². The van der Waals surface area contributed by atoms with Gasteiger partial charge in [-0.05, 0) is 48.7 Å². The van der Waals surface area contributed by atoms with Crippen LogP contribution in [-0.4, -0.2) is 32.3 Å². The third-order valence-corrected chi connectivity index (χ3v) is 6.62. The first-order chi connectivity index (χ1) is 12.4. The third kappa shape index (κ3) is 4.46. The van der Waals surface area contributed by atoms with Gasteiger partial charge in [0.15, 0.2) is 0 Å². The predicted molar refractivity (Wildman–Crippen MR) is 105 cm³/mol. The first kappa shape index (κ1) is 19.4. The SMILES string of the molecule is O=C(c1ccc(CNS(=O)(=O)c2ccc(Br)cc2Cl)cc1)N1CCCC1. The molecule has 8 heteroatoms. The Kier molecular flexibility index (Phi) is 6.02. The summed E-state index contributed by atoms with van der Waals surface area (Å²) in [7, 11) is -3.72. The summed E-state index contributed by atoms with van der Waals surface area (Å²) in [6.07, 6.45) is 2.09. The van der Waals surface area contributed by atoms with E-state index in [0.29, 0.717) is 10.0 Å². The Morgan fingerprint density at radius 3 is 2.38 bits per heavy atom. The van der Waals surface area contributed by atoms with E-state index in [-0.39, 0.29) is 22.4 Å². The summed E-state index contributed by atoms with van der Waals surface area (Å²) in [6, 6.07) is 11.6. The van der Waals surface area contributed by atoms with Crippen molar-refractivity contribution in [2.45, 2.75) is 24.3 Å². The van der Waals surface area contributed by atoms with Crippen LogP contribution in [0.15, 0.2) is 51.8 Å². The number of nitrogens with one attached hydrogen (secondary N) is 1. The fourth-order valence-electron chi connectivity index (χ4n) is 2.82. The van der Waals surface area contributed by atoms with Crippen molar-refractivity contribution >= 4 is 43.5 Å². The molecule has 0 aromatic heterocycles. The molecule has 2 aromatic rings. The van der Waals surface area contributed by atoms with Crippen molar-refractivity contribution in [3.8, 4) is 0 Å². The van der Waals surface area contributed by atoms with E-state index in [1.165, 1.54) is 12.1 Å². The molecule has 0 atom stereocenters. The Hall–Kier alpha value is -1.41. The Morgan fingerprint density at radius 2 is 1.77 bits per heavy atom. The largest absolute Gasteiger partial charge is 0.339 e. The van der Waals surface area contributed by atoms with Crippen molar-refractivity contribution in [1.82, 2.24) is 9.62 Å². The molecule has 1 fully saturated rings. The second-order valence-electron chi connectivity index (χ2n) is 6.10. The second kappa shape index (κ2) is 8.08. The number of hydrogen-bond donors (Lipinski definition) is 1. The molecule has 0 spiro atoms. The molecule has 3 rings (SSSR count). The summed E-state index contributed by atoms with van der Waals surface area (Å²) in [4.78, 5) is 14.2. The van der Waals surface area contributed by atoms with Gasteiger partial charge in [0.05, 0.1) is 5.02 Å². The van der Waals surface area contributed by atoms with Gasteiger partial charge in [0.2, 0.25) is 10.0 Å². The number of benzene rings is 2. The maximum Gasteiger partial charge on any atom is 0.253 e. The third-order valence-electron chi connectivity index (χ3n) is 4.24. The number of amides is 1. The zero-order chi connectivity index (χ0) is 18.7. The fourth-order valence-corrected chi connectivity index (χ4v) is 4.87. The normalized spacial score (nSPS) is 14.6. The Morgan fingerprint density at radius 1 is 1.12 bits per heavy atom. The maximum absolute atomic E-state index is 12.4. The summed E-state index contributed by atoms with van der Waals surface area (Å²) in [5.74, 6) is 0.0243. The number of carbonyl (C=O) groups excluding carboxylic acids is 1. The number of hydrogen-bond acceptors (Lipinski definition) is 3. The topological polar surface area (TPSA) is 66.5 Å². The lowest BCUT2D eigenvalue weighted by Gasteiger charge is -2.15. The first-order valence-electron chi connectivity index (χ1n) is 8.20. The van der Waals surface area contributed by atoms with E-state index in [2.05, 4.69) is 20.7 Å². The van der Waals surface area contributed by atoms with Crippen molar-refractivity contribution in [2.75, 3.05) is 13.1 Å². The Labute approximate surface area is 166 Å². The number of nitrogens with zero attached hydrogens (tertiary/aromatic N) is 1. The number of carbonyl (C=O) groups is 1. The molecule has 2 aromatic carbocycles. The molecule has 1 heterocycles. The number of sulfonamides is 1. The van der Waals surface area contributed by atoms with Crippen molar-refractivity contribution in [1.29, 1.82) is 0 Å². The van der Waals surface area contributed by atoms with Gasteiger partial charge in [0.1, 0.15) is 4.90 Å². The van der Waals surface area contributed by atoms with Crippen LogP contribution in [0.25, 0.3) is 0 Å². The van der Waals surface area contributed by atoms with Crippen LogP contribution in [0, 0.1) is 0 Å². The Bertz CT molecular complexity index is 911. The van der Waals surface area contributed by atoms with Crippen LogP contribution in [0.5, 0.6) is 0 Å². The van der Waals surface area contributed by atoms with E-state index in [4.69, 9.17) is 11.6 Å². The van der Waals surface area contributed by atoms with E-state index in [1.54, 1.807) is 30.3 Å². The monoisotopic (exact) mass is 456 g/mol. The number of rotatable bonds is 5. The molecule has 1 aliphatic heterocycles. The molecule has 0 radical (unpaired) electrons. The van der Waals surface area contributed by atoms with Crippen molar-refractivity contribution in [2.24, 2.45) is 0 Å². The van der Waals surface area contributed by atoms with Crippen LogP contribution >= 0.6 is 27.5 Å². The van der Waals surface area contributed by atoms with E-state index >= 15 is 0 Å². The van der Waals surface area contributed by atoms with Gasteiger partial charge in [0.25, 0.3) is 5.91 Å². The molecule has 1 aliphatic rings. The average molecular weight is 458 g/mol. The van der Waals surface area contributed by atoms with Gasteiger partial charge in [-0.25, -0.2) is 13.1 Å². The van der Waals surface area contributed by atoms with Crippen LogP contribution < -0.4 is 4.72 Å². The molecule has 5 nitrogen and oxygen atoms in total. The zero-order valence-electron chi connectivity index (χ0n) is 13.9. The summed E-state index contributed by atoms with van der Waals surface area (Å²) >= 11 is 9.27. The molecule has 1 saturated heterocycles. The van der Waals surface area contributed by atoms with Gasteiger partial charge in [-0.1, -0.05) is 39.7 Å². The smallest absolute Gasteiger partial charge is 0.253 e. The first-order valence-corrected chi connectivity index (χ1v) is 10.9. The molecule has 0 bridgehead atoms. The molecule has 0 unspecified atom stereocenters. The maximum atomic E-state index is 12.4. The highest BCUT2D eigenvalue weighted by Crippen LogP contribution is 2.25. The minimum absolute atomic E-state index is 0.0243. The Balaban J connectivity index is 1.66. The molecule has 138 valence electrons. The van der Waals surface area contributed by atoms with Crippen LogP contribution in [0.2, 0.25) is 5.02 Å². The quantitative estimate of drug-likeness (QED) is 0.742. The van der Waals surface area contributed by atoms with E-state index in [1.807, 2.05) is 4.90 Å². The molecular formula is C18H18BrClN2O3S. The summed E-state index contributed by atoms with van der Waals surface area (Å²) in [5.41, 5.74) is 1.38. The minimum Gasteiger partial charge on any atom is -0.339 e. The molecule has 26 heavy (non-hydrogen) atoms. The van der Waals surface area contributed by atoms with Crippen molar-refractivity contribution in [3.05, 3.63) is 63.1 Å². The van der Waals surface area contributed by atoms with E-state index < -0.39 is 10.0 Å². The molecule has 1 N–H and O–H groups in total. The van der Waals surface area contributed by atoms with E-state index in [0.717, 1.165) is 31.5 Å². The van der Waals surface area contributed by atoms with Gasteiger partial charge in [-0.3, -0.25) is 4.79 Å². The lowest BCUT2D eigenvalue weighted by Crippen LogP contribution is -2.27. The zero-order valence-corrected chi connectivity index (χ0v) is 17.1. The van der Waals surface area contributed by atoms with Gasteiger partial charge < -0.3 is 4.90 Å². The van der Waals surface area contributed by atoms with Gasteiger partial charge >= 0.3 is 0 Å². The molecular weight excluding hydrogens is 440 g/mol. The highest BCUT2D eigenvalue weighted by molar-refractivity contribution is 9.10. The summed E-state index contributed by atoms with van der Waals surface area (Å²) < 4.78 is 28.1.